The molecule has 2 N–H and O–H groups in total. The number of benzene rings is 3. The number of thiazole rings is 1. The molecule has 0 aliphatic rings. The van der Waals surface area contributed by atoms with Crippen molar-refractivity contribution in [2.45, 2.75) is 4.90 Å². The van der Waals surface area contributed by atoms with Gasteiger partial charge in [-0.15, -0.1) is 0 Å². The lowest BCUT2D eigenvalue weighted by atomic mass is 10.1. The third-order valence-corrected chi connectivity index (χ3v) is 6.64. The third-order valence-electron chi connectivity index (χ3n) is 4.19. The number of anilines is 2. The number of sulfonamides is 1. The number of nitrogens with zero attached hydrogens (tertiary/aromatic N) is 1. The maximum absolute atomic E-state index is 12.9. The number of aromatic nitrogens is 1. The molecule has 3 aromatic carbocycles. The number of carbonyl (C=O) groups excluding carboxylic acids is 1. The van der Waals surface area contributed by atoms with Crippen LogP contribution < -0.4 is 10.0 Å². The monoisotopic (exact) mass is 435 g/mol. The van der Waals surface area contributed by atoms with Crippen LogP contribution in [0.25, 0.3) is 11.3 Å². The molecule has 0 aliphatic heterocycles. The molecule has 4 aromatic rings. The summed E-state index contributed by atoms with van der Waals surface area (Å²) in [6.07, 6.45) is 0. The molecule has 0 unspecified atom stereocenters. The lowest BCUT2D eigenvalue weighted by Gasteiger charge is -2.05. The number of rotatable bonds is 6. The molecule has 30 heavy (non-hydrogen) atoms. The van der Waals surface area contributed by atoms with E-state index >= 15 is 0 Å². The second-order valence-corrected chi connectivity index (χ2v) is 8.98. The summed E-state index contributed by atoms with van der Waals surface area (Å²) < 4.78 is 27.8. The molecule has 8 heteroatoms. The summed E-state index contributed by atoms with van der Waals surface area (Å²) in [6.45, 7) is 0. The number of amides is 1. The van der Waals surface area contributed by atoms with Crippen LogP contribution in [-0.2, 0) is 10.0 Å². The standard InChI is InChI=1S/C22H17N3O3S2/c26-21(23-17-12-6-2-7-13-17)20-19(16-10-4-1-5-11-16)24-22(29-20)25-30(27,28)18-14-8-3-9-15-18/h1-15H,(H,23,26)(H,24,25). The molecule has 0 radical (unpaired) electrons. The van der Waals surface area contributed by atoms with E-state index in [0.29, 0.717) is 16.3 Å². The molecule has 0 atom stereocenters. The van der Waals surface area contributed by atoms with Crippen molar-refractivity contribution in [3.63, 3.8) is 0 Å². The van der Waals surface area contributed by atoms with E-state index in [2.05, 4.69) is 15.0 Å². The number of carbonyl (C=O) groups is 1. The topological polar surface area (TPSA) is 88.2 Å². The average molecular weight is 436 g/mol. The van der Waals surface area contributed by atoms with Gasteiger partial charge in [-0.1, -0.05) is 78.1 Å². The highest BCUT2D eigenvalue weighted by atomic mass is 32.2. The third kappa shape index (κ3) is 4.40. The Hall–Kier alpha value is -3.49. The molecule has 1 amide bonds. The highest BCUT2D eigenvalue weighted by molar-refractivity contribution is 7.93. The van der Waals surface area contributed by atoms with Gasteiger partial charge in [-0.2, -0.15) is 0 Å². The first-order chi connectivity index (χ1) is 14.5. The zero-order valence-electron chi connectivity index (χ0n) is 15.6. The molecular weight excluding hydrogens is 418 g/mol. The molecule has 0 saturated heterocycles. The van der Waals surface area contributed by atoms with E-state index in [9.17, 15) is 13.2 Å². The molecular formula is C22H17N3O3S2. The number of hydrogen-bond acceptors (Lipinski definition) is 5. The Morgan fingerprint density at radius 1 is 0.800 bits per heavy atom. The molecule has 150 valence electrons. The van der Waals surface area contributed by atoms with E-state index in [0.717, 1.165) is 16.9 Å². The van der Waals surface area contributed by atoms with Crippen molar-refractivity contribution >= 4 is 38.1 Å². The molecule has 1 heterocycles. The van der Waals surface area contributed by atoms with Gasteiger partial charge >= 0.3 is 0 Å². The predicted molar refractivity (Wildman–Crippen MR) is 119 cm³/mol. The molecule has 0 fully saturated rings. The highest BCUT2D eigenvalue weighted by Crippen LogP contribution is 2.33. The summed E-state index contributed by atoms with van der Waals surface area (Å²) in [5, 5.41) is 2.95. The van der Waals surface area contributed by atoms with E-state index < -0.39 is 10.0 Å². The number of para-hydroxylation sites is 1. The summed E-state index contributed by atoms with van der Waals surface area (Å²) in [7, 11) is -3.82. The maximum atomic E-state index is 12.9. The maximum Gasteiger partial charge on any atom is 0.268 e. The first-order valence-corrected chi connectivity index (χ1v) is 11.3. The molecule has 0 aliphatic carbocycles. The summed E-state index contributed by atoms with van der Waals surface area (Å²) in [4.78, 5) is 17.8. The Morgan fingerprint density at radius 2 is 1.37 bits per heavy atom. The van der Waals surface area contributed by atoms with Crippen molar-refractivity contribution in [3.8, 4) is 11.3 Å². The van der Waals surface area contributed by atoms with E-state index in [1.807, 2.05) is 48.5 Å². The number of nitrogens with one attached hydrogen (secondary N) is 2. The summed E-state index contributed by atoms with van der Waals surface area (Å²) in [5.74, 6) is -0.359. The van der Waals surface area contributed by atoms with Gasteiger partial charge in [-0.3, -0.25) is 9.52 Å². The van der Waals surface area contributed by atoms with E-state index in [1.165, 1.54) is 12.1 Å². The van der Waals surface area contributed by atoms with Crippen LogP contribution in [0.5, 0.6) is 0 Å². The van der Waals surface area contributed by atoms with Gasteiger partial charge in [-0.05, 0) is 24.3 Å². The van der Waals surface area contributed by atoms with Gasteiger partial charge in [0.25, 0.3) is 15.9 Å². The minimum atomic E-state index is -3.82. The van der Waals surface area contributed by atoms with E-state index in [4.69, 9.17) is 0 Å². The Labute approximate surface area is 178 Å². The second kappa shape index (κ2) is 8.48. The van der Waals surface area contributed by atoms with Gasteiger partial charge in [0.1, 0.15) is 4.88 Å². The predicted octanol–water partition coefficient (Wildman–Crippen LogP) is 4.86. The Morgan fingerprint density at radius 3 is 2.00 bits per heavy atom. The fraction of sp³-hybridized carbons (Fsp3) is 0. The van der Waals surface area contributed by atoms with E-state index in [1.54, 1.807) is 30.3 Å². The van der Waals surface area contributed by atoms with Crippen LogP contribution in [0.3, 0.4) is 0 Å². The lowest BCUT2D eigenvalue weighted by molar-refractivity contribution is 0.103. The van der Waals surface area contributed by atoms with Gasteiger partial charge in [-0.25, -0.2) is 13.4 Å². The minimum absolute atomic E-state index is 0.121. The first-order valence-electron chi connectivity index (χ1n) is 9.03. The summed E-state index contributed by atoms with van der Waals surface area (Å²) in [6, 6.07) is 26.2. The smallest absolute Gasteiger partial charge is 0.268 e. The minimum Gasteiger partial charge on any atom is -0.321 e. The molecule has 0 spiro atoms. The van der Waals surface area contributed by atoms with Crippen molar-refractivity contribution in [1.29, 1.82) is 0 Å². The van der Waals surface area contributed by atoms with Crippen LogP contribution >= 0.6 is 11.3 Å². The van der Waals surface area contributed by atoms with Gasteiger partial charge < -0.3 is 5.32 Å². The van der Waals surface area contributed by atoms with Crippen LogP contribution in [0.15, 0.2) is 95.9 Å². The SMILES string of the molecule is O=C(Nc1ccccc1)c1sc(NS(=O)(=O)c2ccccc2)nc1-c1ccccc1. The van der Waals surface area contributed by atoms with Crippen LogP contribution in [0.1, 0.15) is 9.67 Å². The lowest BCUT2D eigenvalue weighted by Crippen LogP contribution is -2.12. The van der Waals surface area contributed by atoms with Crippen molar-refractivity contribution in [2.75, 3.05) is 10.0 Å². The molecule has 4 rings (SSSR count). The molecule has 0 saturated carbocycles. The van der Waals surface area contributed by atoms with Crippen molar-refractivity contribution in [2.24, 2.45) is 0 Å². The average Bonchev–Trinajstić information content (AvgIpc) is 3.19. The Bertz CT molecular complexity index is 1260. The van der Waals surface area contributed by atoms with Crippen LogP contribution in [0.4, 0.5) is 10.8 Å². The van der Waals surface area contributed by atoms with Crippen molar-refractivity contribution in [1.82, 2.24) is 4.98 Å². The summed E-state index contributed by atoms with van der Waals surface area (Å²) in [5.41, 5.74) is 1.78. The Kier molecular flexibility index (Phi) is 5.60. The summed E-state index contributed by atoms with van der Waals surface area (Å²) >= 11 is 0.990. The molecule has 6 nitrogen and oxygen atoms in total. The van der Waals surface area contributed by atoms with Crippen LogP contribution in [0.2, 0.25) is 0 Å². The fourth-order valence-corrected chi connectivity index (χ4v) is 4.93. The Balaban J connectivity index is 1.70. The normalized spacial score (nSPS) is 11.1. The van der Waals surface area contributed by atoms with Crippen molar-refractivity contribution < 1.29 is 13.2 Å². The fourth-order valence-electron chi connectivity index (χ4n) is 2.79. The van der Waals surface area contributed by atoms with Gasteiger partial charge in [0, 0.05) is 11.3 Å². The molecule has 1 aromatic heterocycles. The van der Waals surface area contributed by atoms with E-state index in [-0.39, 0.29) is 15.9 Å². The van der Waals surface area contributed by atoms with Crippen molar-refractivity contribution in [3.05, 3.63) is 95.9 Å². The van der Waals surface area contributed by atoms with Gasteiger partial charge in [0.2, 0.25) is 0 Å². The largest absolute Gasteiger partial charge is 0.321 e. The second-order valence-electron chi connectivity index (χ2n) is 6.30. The number of hydrogen-bond donors (Lipinski definition) is 2. The highest BCUT2D eigenvalue weighted by Gasteiger charge is 2.23. The quantitative estimate of drug-likeness (QED) is 0.453. The van der Waals surface area contributed by atoms with Gasteiger partial charge in [0.05, 0.1) is 10.6 Å². The molecule has 0 bridgehead atoms. The zero-order chi connectivity index (χ0) is 21.0. The van der Waals surface area contributed by atoms with Gasteiger partial charge in [0.15, 0.2) is 5.13 Å². The van der Waals surface area contributed by atoms with Crippen LogP contribution in [-0.4, -0.2) is 19.3 Å². The zero-order valence-corrected chi connectivity index (χ0v) is 17.3. The first kappa shape index (κ1) is 19.8. The van der Waals surface area contributed by atoms with Crippen LogP contribution in [0, 0.1) is 0 Å².